The summed E-state index contributed by atoms with van der Waals surface area (Å²) in [6.45, 7) is 10.7. The van der Waals surface area contributed by atoms with Gasteiger partial charge in [0.2, 0.25) is 0 Å². The van der Waals surface area contributed by atoms with Crippen LogP contribution in [0.2, 0.25) is 0 Å². The Morgan fingerprint density at radius 3 is 2.55 bits per heavy atom. The predicted octanol–water partition coefficient (Wildman–Crippen LogP) is 4.60. The van der Waals surface area contributed by atoms with Crippen molar-refractivity contribution in [1.82, 2.24) is 0 Å². The Morgan fingerprint density at radius 1 is 1.18 bits per heavy atom. The van der Waals surface area contributed by atoms with E-state index in [1.807, 2.05) is 26.0 Å². The average molecular weight is 302 g/mol. The molecule has 1 N–H and O–H groups in total. The van der Waals surface area contributed by atoms with E-state index in [1.54, 1.807) is 0 Å². The lowest BCUT2D eigenvalue weighted by molar-refractivity contribution is -0.114. The average Bonchev–Trinajstić information content (AvgIpc) is 2.92. The van der Waals surface area contributed by atoms with Crippen LogP contribution in [0.1, 0.15) is 60.3 Å². The molecule has 0 amide bonds. The number of fused-ring (bicyclic) bond motifs is 1. The van der Waals surface area contributed by atoms with Gasteiger partial charge in [0.1, 0.15) is 0 Å². The van der Waals surface area contributed by atoms with Crippen molar-refractivity contribution >= 4 is 5.78 Å². The van der Waals surface area contributed by atoms with E-state index in [0.29, 0.717) is 30.1 Å². The first-order valence-corrected chi connectivity index (χ1v) is 8.44. The molecular weight excluding hydrogens is 272 g/mol. The topological polar surface area (TPSA) is 37.3 Å². The fourth-order valence-electron chi connectivity index (χ4n) is 3.69. The molecule has 0 bridgehead atoms. The largest absolute Gasteiger partial charge is 0.388 e. The van der Waals surface area contributed by atoms with Crippen molar-refractivity contribution in [1.29, 1.82) is 0 Å². The maximum absolute atomic E-state index is 12.0. The molecule has 1 fully saturated rings. The van der Waals surface area contributed by atoms with Crippen molar-refractivity contribution in [2.45, 2.75) is 66.4 Å². The van der Waals surface area contributed by atoms with Crippen LogP contribution in [0.4, 0.5) is 0 Å². The van der Waals surface area contributed by atoms with Crippen LogP contribution in [-0.4, -0.2) is 17.0 Å². The predicted molar refractivity (Wildman–Crippen MR) is 91.5 cm³/mol. The molecule has 0 radical (unpaired) electrons. The van der Waals surface area contributed by atoms with E-state index in [0.717, 1.165) is 24.0 Å². The zero-order valence-electron chi connectivity index (χ0n) is 14.6. The van der Waals surface area contributed by atoms with E-state index < -0.39 is 6.10 Å². The molecule has 1 unspecified atom stereocenters. The molecular formula is C20H30O2. The minimum atomic E-state index is -0.428. The van der Waals surface area contributed by atoms with Gasteiger partial charge in [0, 0.05) is 6.42 Å². The Balaban J connectivity index is 2.23. The van der Waals surface area contributed by atoms with Gasteiger partial charge in [-0.2, -0.15) is 0 Å². The Hall–Kier alpha value is -1.15. The van der Waals surface area contributed by atoms with Gasteiger partial charge in [-0.05, 0) is 68.9 Å². The van der Waals surface area contributed by atoms with Gasteiger partial charge >= 0.3 is 0 Å². The minimum Gasteiger partial charge on any atom is -0.388 e. The molecule has 122 valence electrons. The van der Waals surface area contributed by atoms with Crippen molar-refractivity contribution in [3.63, 3.8) is 0 Å². The molecule has 1 saturated carbocycles. The molecule has 0 heterocycles. The number of hydrogen-bond donors (Lipinski definition) is 1. The van der Waals surface area contributed by atoms with E-state index in [1.165, 1.54) is 5.57 Å². The summed E-state index contributed by atoms with van der Waals surface area (Å²) in [5, 5.41) is 10.3. The number of aliphatic hydroxyl groups is 1. The number of allylic oxidation sites excluding steroid dienone is 4. The van der Waals surface area contributed by atoms with Gasteiger partial charge in [0.15, 0.2) is 5.78 Å². The molecule has 0 spiro atoms. The summed E-state index contributed by atoms with van der Waals surface area (Å²) in [5.41, 5.74) is 3.62. The molecule has 0 aromatic carbocycles. The molecule has 0 aromatic rings. The highest BCUT2D eigenvalue weighted by molar-refractivity contribution is 5.91. The molecule has 0 aliphatic heterocycles. The maximum atomic E-state index is 12.0. The van der Waals surface area contributed by atoms with Crippen molar-refractivity contribution in [3.05, 3.63) is 34.9 Å². The van der Waals surface area contributed by atoms with Crippen LogP contribution in [0.5, 0.6) is 0 Å². The fourth-order valence-corrected chi connectivity index (χ4v) is 3.69. The number of carbonyl (C=O) groups excluding carboxylic acids is 1. The van der Waals surface area contributed by atoms with E-state index in [9.17, 15) is 9.90 Å². The Morgan fingerprint density at radius 2 is 1.86 bits per heavy atom. The van der Waals surface area contributed by atoms with Crippen LogP contribution in [0, 0.1) is 17.3 Å². The van der Waals surface area contributed by atoms with Crippen LogP contribution in [-0.2, 0) is 4.79 Å². The molecule has 3 atom stereocenters. The summed E-state index contributed by atoms with van der Waals surface area (Å²) in [6.07, 6.45) is 8.86. The standard InChI is InChI=1S/C20H30O2/c1-13-6-8-17-18(20(17,4)5)12-15(3)19(22)9-7-14(2)11-16(21)10-13/h7,10,12,17-19,22H,6,8-9,11H2,1-5H3/b13-10+,14-7+,15-12+/t17-,18+,19?/m1/s1. The van der Waals surface area contributed by atoms with Gasteiger partial charge in [0.05, 0.1) is 6.10 Å². The third kappa shape index (κ3) is 3.98. The zero-order chi connectivity index (χ0) is 16.5. The van der Waals surface area contributed by atoms with E-state index in [2.05, 4.69) is 26.8 Å². The molecule has 22 heavy (non-hydrogen) atoms. The molecule has 2 aliphatic carbocycles. The molecule has 0 saturated heterocycles. The number of hydrogen-bond acceptors (Lipinski definition) is 2. The van der Waals surface area contributed by atoms with Gasteiger partial charge in [-0.15, -0.1) is 0 Å². The Kier molecular flexibility index (Phi) is 5.11. The number of ketones is 1. The van der Waals surface area contributed by atoms with Crippen LogP contribution in [0.15, 0.2) is 34.9 Å². The summed E-state index contributed by atoms with van der Waals surface area (Å²) < 4.78 is 0. The summed E-state index contributed by atoms with van der Waals surface area (Å²) in [4.78, 5) is 12.0. The van der Waals surface area contributed by atoms with Crippen LogP contribution >= 0.6 is 0 Å². The van der Waals surface area contributed by atoms with Gasteiger partial charge in [-0.1, -0.05) is 37.1 Å². The molecule has 2 heteroatoms. The summed E-state index contributed by atoms with van der Waals surface area (Å²) >= 11 is 0. The van der Waals surface area contributed by atoms with Crippen molar-refractivity contribution < 1.29 is 9.90 Å². The van der Waals surface area contributed by atoms with Crippen molar-refractivity contribution in [2.24, 2.45) is 17.3 Å². The lowest BCUT2D eigenvalue weighted by Gasteiger charge is -2.10. The summed E-state index contributed by atoms with van der Waals surface area (Å²) in [7, 11) is 0. The monoisotopic (exact) mass is 302 g/mol. The second kappa shape index (κ2) is 6.54. The van der Waals surface area contributed by atoms with Gasteiger partial charge in [-0.25, -0.2) is 0 Å². The third-order valence-corrected chi connectivity index (χ3v) is 5.51. The Bertz CT molecular complexity index is 534. The number of carbonyl (C=O) groups is 1. The van der Waals surface area contributed by atoms with E-state index in [-0.39, 0.29) is 5.78 Å². The highest BCUT2D eigenvalue weighted by Crippen LogP contribution is 2.61. The SMILES string of the molecule is C/C1=C\C(=O)C/C(C)=C/CC(O)/C(C)=C/[C@H]2[C@@H](CC1)C2(C)C. The van der Waals surface area contributed by atoms with Gasteiger partial charge < -0.3 is 5.11 Å². The minimum absolute atomic E-state index is 0.177. The highest BCUT2D eigenvalue weighted by atomic mass is 16.3. The summed E-state index contributed by atoms with van der Waals surface area (Å²) in [5.74, 6) is 1.39. The van der Waals surface area contributed by atoms with Crippen LogP contribution in [0.3, 0.4) is 0 Å². The maximum Gasteiger partial charge on any atom is 0.159 e. The van der Waals surface area contributed by atoms with Crippen LogP contribution < -0.4 is 0 Å². The quantitative estimate of drug-likeness (QED) is 0.664. The van der Waals surface area contributed by atoms with Crippen LogP contribution in [0.25, 0.3) is 0 Å². The van der Waals surface area contributed by atoms with E-state index >= 15 is 0 Å². The van der Waals surface area contributed by atoms with Crippen molar-refractivity contribution in [2.75, 3.05) is 0 Å². The normalized spacial score (nSPS) is 40.2. The smallest absolute Gasteiger partial charge is 0.159 e. The van der Waals surface area contributed by atoms with E-state index in [4.69, 9.17) is 0 Å². The summed E-state index contributed by atoms with van der Waals surface area (Å²) in [6, 6.07) is 0. The lowest BCUT2D eigenvalue weighted by atomic mass is 10.00. The second-order valence-corrected chi connectivity index (χ2v) is 7.84. The molecule has 2 rings (SSSR count). The first-order valence-electron chi connectivity index (χ1n) is 8.44. The lowest BCUT2D eigenvalue weighted by Crippen LogP contribution is -2.08. The first kappa shape index (κ1) is 17.2. The molecule has 2 aliphatic rings. The highest BCUT2D eigenvalue weighted by Gasteiger charge is 2.55. The van der Waals surface area contributed by atoms with Gasteiger partial charge in [0.25, 0.3) is 0 Å². The molecule has 0 aromatic heterocycles. The van der Waals surface area contributed by atoms with Gasteiger partial charge in [-0.3, -0.25) is 4.79 Å². The molecule has 2 nitrogen and oxygen atoms in total. The third-order valence-electron chi connectivity index (χ3n) is 5.51. The first-order chi connectivity index (χ1) is 10.2. The second-order valence-electron chi connectivity index (χ2n) is 7.84. The number of rotatable bonds is 0. The number of aliphatic hydroxyl groups excluding tert-OH is 1. The Labute approximate surface area is 135 Å². The zero-order valence-corrected chi connectivity index (χ0v) is 14.6. The van der Waals surface area contributed by atoms with Crippen molar-refractivity contribution in [3.8, 4) is 0 Å². The fraction of sp³-hybridized carbons (Fsp3) is 0.650.